The molecule has 0 aliphatic carbocycles. The lowest BCUT2D eigenvalue weighted by molar-refractivity contribution is 0.415. The van der Waals surface area contributed by atoms with E-state index in [-0.39, 0.29) is 27.7 Å². The Bertz CT molecular complexity index is 1260. The topological polar surface area (TPSA) is 130 Å². The van der Waals surface area contributed by atoms with E-state index in [2.05, 4.69) is 15.3 Å². The van der Waals surface area contributed by atoms with Gasteiger partial charge >= 0.3 is 0 Å². The van der Waals surface area contributed by atoms with E-state index >= 15 is 0 Å². The van der Waals surface area contributed by atoms with Gasteiger partial charge in [0.05, 0.1) is 17.7 Å². The Hall–Kier alpha value is -3.42. The monoisotopic (exact) mass is 417 g/mol. The maximum absolute atomic E-state index is 12.6. The molecule has 3 rings (SSSR count). The zero-order valence-corrected chi connectivity index (χ0v) is 15.9. The van der Waals surface area contributed by atoms with Crippen LogP contribution in [-0.2, 0) is 9.05 Å². The molecule has 0 aliphatic rings. The fourth-order valence-corrected chi connectivity index (χ4v) is 3.13. The summed E-state index contributed by atoms with van der Waals surface area (Å²) in [5.41, 5.74) is -0.380. The van der Waals surface area contributed by atoms with Crippen LogP contribution in [-0.4, -0.2) is 25.3 Å². The van der Waals surface area contributed by atoms with Gasteiger partial charge < -0.3 is 4.74 Å². The van der Waals surface area contributed by atoms with Gasteiger partial charge in [-0.2, -0.15) is 5.26 Å². The van der Waals surface area contributed by atoms with Crippen LogP contribution in [0, 0.1) is 11.3 Å². The predicted molar refractivity (Wildman–Crippen MR) is 101 cm³/mol. The Balaban J connectivity index is 2.10. The van der Waals surface area contributed by atoms with E-state index in [9.17, 15) is 18.5 Å². The molecule has 2 aromatic carbocycles. The lowest BCUT2D eigenvalue weighted by Gasteiger charge is -2.04. The molecule has 28 heavy (non-hydrogen) atoms. The van der Waals surface area contributed by atoms with Crippen molar-refractivity contribution in [2.24, 2.45) is 10.2 Å². The number of aromatic amines is 1. The van der Waals surface area contributed by atoms with E-state index in [0.29, 0.717) is 5.69 Å². The fraction of sp³-hybridized carbons (Fsp3) is 0.0588. The lowest BCUT2D eigenvalue weighted by Crippen LogP contribution is -2.13. The smallest absolute Gasteiger partial charge is 0.300 e. The van der Waals surface area contributed by atoms with Crippen molar-refractivity contribution >= 4 is 31.1 Å². The molecule has 0 saturated heterocycles. The first kappa shape index (κ1) is 19.3. The van der Waals surface area contributed by atoms with Crippen molar-refractivity contribution in [1.29, 1.82) is 5.26 Å². The van der Waals surface area contributed by atoms with Gasteiger partial charge in [0.15, 0.2) is 11.4 Å². The Morgan fingerprint density at radius 3 is 2.50 bits per heavy atom. The Morgan fingerprint density at radius 2 is 1.89 bits per heavy atom. The van der Waals surface area contributed by atoms with Crippen molar-refractivity contribution in [3.8, 4) is 17.5 Å². The normalized spacial score (nSPS) is 11.5. The van der Waals surface area contributed by atoms with Gasteiger partial charge in [0.1, 0.15) is 17.5 Å². The van der Waals surface area contributed by atoms with Crippen LogP contribution in [0.25, 0.3) is 5.69 Å². The highest BCUT2D eigenvalue weighted by Gasteiger charge is 2.17. The molecule has 0 bridgehead atoms. The number of ether oxygens (including phenoxy) is 1. The summed E-state index contributed by atoms with van der Waals surface area (Å²) < 4.78 is 29.3. The number of hydrogen-bond donors (Lipinski definition) is 1. The second-order valence-electron chi connectivity index (χ2n) is 5.39. The van der Waals surface area contributed by atoms with E-state index in [1.165, 1.54) is 19.2 Å². The van der Waals surface area contributed by atoms with Crippen LogP contribution >= 0.6 is 10.7 Å². The van der Waals surface area contributed by atoms with Gasteiger partial charge in [0, 0.05) is 10.7 Å². The summed E-state index contributed by atoms with van der Waals surface area (Å²) in [5, 5.41) is 19.7. The van der Waals surface area contributed by atoms with Gasteiger partial charge in [-0.05, 0) is 30.3 Å². The summed E-state index contributed by atoms with van der Waals surface area (Å²) >= 11 is 0. The van der Waals surface area contributed by atoms with E-state index < -0.39 is 14.6 Å². The summed E-state index contributed by atoms with van der Waals surface area (Å²) in [6.07, 6.45) is 0. The minimum absolute atomic E-state index is 0.0278. The number of H-pyrrole nitrogens is 1. The third-order valence-electron chi connectivity index (χ3n) is 3.68. The molecule has 0 unspecified atom stereocenters. The van der Waals surface area contributed by atoms with Gasteiger partial charge in [0.25, 0.3) is 14.6 Å². The average Bonchev–Trinajstić information content (AvgIpc) is 3.01. The number of para-hydroxylation sites is 1. The average molecular weight is 418 g/mol. The summed E-state index contributed by atoms with van der Waals surface area (Å²) in [4.78, 5) is 12.4. The Morgan fingerprint density at radius 1 is 1.18 bits per heavy atom. The molecule has 142 valence electrons. The largest absolute Gasteiger partial charge is 0.494 e. The zero-order chi connectivity index (χ0) is 20.3. The number of nitrogens with zero attached hydrogens (tertiary/aromatic N) is 4. The zero-order valence-electron chi connectivity index (χ0n) is 14.3. The Labute approximate surface area is 163 Å². The summed E-state index contributed by atoms with van der Waals surface area (Å²) in [6.45, 7) is 0. The fourth-order valence-electron chi connectivity index (χ4n) is 2.36. The Kier molecular flexibility index (Phi) is 5.30. The molecule has 1 aromatic heterocycles. The molecule has 9 nitrogen and oxygen atoms in total. The molecule has 0 fully saturated rings. The molecule has 0 aliphatic heterocycles. The second-order valence-corrected chi connectivity index (χ2v) is 7.96. The number of nitriles is 1. The molecule has 1 heterocycles. The van der Waals surface area contributed by atoms with Crippen molar-refractivity contribution in [2.75, 3.05) is 7.11 Å². The number of methoxy groups -OCH3 is 1. The molecular weight excluding hydrogens is 406 g/mol. The first-order valence-corrected chi connectivity index (χ1v) is 10.0. The maximum Gasteiger partial charge on any atom is 0.300 e. The lowest BCUT2D eigenvalue weighted by atomic mass is 10.3. The van der Waals surface area contributed by atoms with Crippen molar-refractivity contribution in [1.82, 2.24) is 9.78 Å². The number of azo groups is 1. The van der Waals surface area contributed by atoms with Crippen molar-refractivity contribution < 1.29 is 13.2 Å². The quantitative estimate of drug-likeness (QED) is 0.502. The van der Waals surface area contributed by atoms with Crippen LogP contribution in [0.3, 0.4) is 0 Å². The molecular formula is C17H12ClN5O4S. The van der Waals surface area contributed by atoms with Gasteiger partial charge in [-0.15, -0.1) is 10.2 Å². The van der Waals surface area contributed by atoms with E-state index in [0.717, 1.165) is 10.7 Å². The van der Waals surface area contributed by atoms with Gasteiger partial charge in [0.2, 0.25) is 0 Å². The molecule has 0 spiro atoms. The summed E-state index contributed by atoms with van der Waals surface area (Å²) in [6, 6.07) is 14.2. The molecule has 0 saturated carbocycles. The van der Waals surface area contributed by atoms with Crippen LogP contribution in [0.1, 0.15) is 5.69 Å². The minimum Gasteiger partial charge on any atom is -0.494 e. The standard InChI is InChI=1S/C17H12ClN5O4S/c1-27-15-8-7-12(28(18,25)26)9-13(15)20-21-16-14(10-19)22-23(17(16)24)11-5-3-2-4-6-11/h2-9,22H,1H3/b21-20+. The highest BCUT2D eigenvalue weighted by atomic mass is 35.7. The van der Waals surface area contributed by atoms with Gasteiger partial charge in [-0.3, -0.25) is 9.89 Å². The molecule has 0 amide bonds. The number of rotatable bonds is 5. The van der Waals surface area contributed by atoms with Crippen molar-refractivity contribution in [3.05, 3.63) is 64.6 Å². The van der Waals surface area contributed by atoms with Crippen LogP contribution in [0.2, 0.25) is 0 Å². The third kappa shape index (κ3) is 3.80. The van der Waals surface area contributed by atoms with E-state index in [4.69, 9.17) is 15.4 Å². The van der Waals surface area contributed by atoms with E-state index in [1.54, 1.807) is 30.3 Å². The maximum atomic E-state index is 12.6. The minimum atomic E-state index is -4.00. The molecule has 11 heteroatoms. The number of aromatic nitrogens is 2. The summed E-state index contributed by atoms with van der Waals surface area (Å²) in [5.74, 6) is 0.213. The molecule has 1 N–H and O–H groups in total. The van der Waals surface area contributed by atoms with Crippen molar-refractivity contribution in [3.63, 3.8) is 0 Å². The third-order valence-corrected chi connectivity index (χ3v) is 5.03. The first-order valence-electron chi connectivity index (χ1n) is 7.70. The highest BCUT2D eigenvalue weighted by Crippen LogP contribution is 2.32. The van der Waals surface area contributed by atoms with Crippen LogP contribution in [0.4, 0.5) is 11.4 Å². The van der Waals surface area contributed by atoms with Crippen LogP contribution < -0.4 is 10.3 Å². The number of benzene rings is 2. The second kappa shape index (κ2) is 7.67. The molecule has 0 atom stereocenters. The predicted octanol–water partition coefficient (Wildman–Crippen LogP) is 3.39. The van der Waals surface area contributed by atoms with Crippen LogP contribution in [0.5, 0.6) is 5.75 Å². The summed E-state index contributed by atoms with van der Waals surface area (Å²) in [7, 11) is 2.71. The van der Waals surface area contributed by atoms with E-state index in [1.807, 2.05) is 6.07 Å². The molecule has 3 aromatic rings. The number of halogens is 1. The number of hydrogen-bond acceptors (Lipinski definition) is 7. The number of nitrogens with one attached hydrogen (secondary N) is 1. The van der Waals surface area contributed by atoms with Gasteiger partial charge in [-0.25, -0.2) is 13.1 Å². The highest BCUT2D eigenvalue weighted by molar-refractivity contribution is 8.13. The molecule has 0 radical (unpaired) electrons. The first-order chi connectivity index (χ1) is 13.3. The SMILES string of the molecule is COc1ccc(S(=O)(=O)Cl)cc1/N=N/c1c(C#N)[nH]n(-c2ccccc2)c1=O. The van der Waals surface area contributed by atoms with Gasteiger partial charge in [-0.1, -0.05) is 18.2 Å². The van der Waals surface area contributed by atoms with Crippen molar-refractivity contribution in [2.45, 2.75) is 4.90 Å². The van der Waals surface area contributed by atoms with Crippen LogP contribution in [0.15, 0.2) is 68.4 Å².